The van der Waals surface area contributed by atoms with Crippen molar-refractivity contribution in [1.29, 1.82) is 0 Å². The molecular weight excluding hydrogens is 839 g/mol. The average molecular weight is 903 g/mol. The fourth-order valence-electron chi connectivity index (χ4n) is 7.18. The molecule has 0 heterocycles. The summed E-state index contributed by atoms with van der Waals surface area (Å²) in [6, 6.07) is 47.9. The number of rotatable bonds is 4. The molecule has 0 fully saturated rings. The van der Waals surface area contributed by atoms with E-state index in [2.05, 4.69) is 224 Å². The van der Waals surface area contributed by atoms with E-state index in [0.29, 0.717) is 5.92 Å². The van der Waals surface area contributed by atoms with Crippen LogP contribution < -0.4 is 0 Å². The molecule has 0 unspecified atom stereocenters. The monoisotopic (exact) mass is 900 g/mol. The van der Waals surface area contributed by atoms with Gasteiger partial charge in [-0.25, -0.2) is 0 Å². The van der Waals surface area contributed by atoms with Crippen molar-refractivity contribution in [2.45, 2.75) is 118 Å². The van der Waals surface area contributed by atoms with Crippen LogP contribution in [0.25, 0.3) is 54.9 Å². The van der Waals surface area contributed by atoms with Gasteiger partial charge in [-0.3, -0.25) is 0 Å². The van der Waals surface area contributed by atoms with Gasteiger partial charge in [-0.1, -0.05) is 198 Å². The molecule has 0 N–H and O–H groups in total. The molecule has 0 amide bonds. The molecule has 0 bridgehead atoms. The quantitative estimate of drug-likeness (QED) is 0.122. The Morgan fingerprint density at radius 3 is 1.34 bits per heavy atom. The molecule has 58 heavy (non-hydrogen) atoms. The molecule has 7 aromatic carbocycles. The van der Waals surface area contributed by atoms with E-state index < -0.39 is 20.8 Å². The first kappa shape index (κ1) is 47.7. The van der Waals surface area contributed by atoms with Gasteiger partial charge in [0.25, 0.3) is 0 Å². The molecule has 7 aromatic rings. The van der Waals surface area contributed by atoms with Crippen molar-refractivity contribution in [2.24, 2.45) is 0 Å². The Morgan fingerprint density at radius 1 is 0.500 bits per heavy atom. The molecule has 0 spiro atoms. The van der Waals surface area contributed by atoms with Gasteiger partial charge in [0, 0.05) is 9.52 Å². The fourth-order valence-corrected chi connectivity index (χ4v) is 7.18. The number of fused-ring (bicyclic) bond motifs is 2. The predicted molar refractivity (Wildman–Crippen MR) is 260 cm³/mol. The molecular formula is C54H64Cl2SiZr. The molecule has 0 aromatic heterocycles. The molecule has 2 radical (unpaired) electrons. The molecule has 0 saturated carbocycles. The van der Waals surface area contributed by atoms with Gasteiger partial charge in [-0.2, -0.15) is 12.1 Å². The van der Waals surface area contributed by atoms with Crippen molar-refractivity contribution in [3.05, 3.63) is 155 Å². The van der Waals surface area contributed by atoms with Gasteiger partial charge in [0.15, 0.2) is 0 Å². The van der Waals surface area contributed by atoms with E-state index >= 15 is 0 Å². The summed E-state index contributed by atoms with van der Waals surface area (Å²) >= 11 is -0.826. The standard InChI is InChI=1S/C30H33.C22H25.C2H6Si.2ClH.Zr/c1-20-16-24-18-23(21-8-12-25(13-9-21)29(2,3)4)19-28(27(24)17-20)22-10-14-26(15-11-22)30(5,6)7;1-15(2)18-13-17-7-6-8-20(21(17)14-18)16-9-11-19(12-10-16)22(3,4)5;1-3-2;;;/h8-19H,1-7H3;6-15H,1-5H3;1-2H3;2*1H;/q2*-1;;;;+4/p-2. The first-order valence-electron chi connectivity index (χ1n) is 20.5. The van der Waals surface area contributed by atoms with Crippen molar-refractivity contribution in [3.8, 4) is 33.4 Å². The maximum absolute atomic E-state index is 4.93. The van der Waals surface area contributed by atoms with Gasteiger partial charge in [-0.15, -0.1) is 63.0 Å². The Balaban J connectivity index is 0.000000234. The summed E-state index contributed by atoms with van der Waals surface area (Å²) in [6.45, 7) is 31.4. The number of halogens is 2. The van der Waals surface area contributed by atoms with Gasteiger partial charge in [0.05, 0.1) is 0 Å². The molecule has 4 heteroatoms. The molecule has 0 atom stereocenters. The van der Waals surface area contributed by atoms with Gasteiger partial charge in [-0.05, 0) is 55.5 Å². The Kier molecular flexibility index (Phi) is 16.9. The van der Waals surface area contributed by atoms with Crippen LogP contribution in [0.2, 0.25) is 13.1 Å². The third-order valence-corrected chi connectivity index (χ3v) is 10.6. The van der Waals surface area contributed by atoms with E-state index in [-0.39, 0.29) is 16.2 Å². The Hall–Kier alpha value is -3.00. The van der Waals surface area contributed by atoms with Crippen LogP contribution in [0, 0.1) is 6.92 Å². The molecule has 0 aliphatic carbocycles. The van der Waals surface area contributed by atoms with Crippen molar-refractivity contribution < 1.29 is 20.8 Å². The number of hydrogen-bond donors (Lipinski definition) is 0. The van der Waals surface area contributed by atoms with Crippen molar-refractivity contribution in [2.75, 3.05) is 0 Å². The molecule has 0 aliphatic rings. The van der Waals surface area contributed by atoms with Crippen LogP contribution in [0.3, 0.4) is 0 Å². The molecule has 0 aliphatic heterocycles. The van der Waals surface area contributed by atoms with Crippen LogP contribution in [-0.4, -0.2) is 9.52 Å². The average Bonchev–Trinajstić information content (AvgIpc) is 3.78. The van der Waals surface area contributed by atoms with Gasteiger partial charge in [0.2, 0.25) is 0 Å². The van der Waals surface area contributed by atoms with Crippen LogP contribution in [-0.2, 0) is 37.1 Å². The third kappa shape index (κ3) is 12.5. The van der Waals surface area contributed by atoms with E-state index in [4.69, 9.17) is 17.0 Å². The Labute approximate surface area is 373 Å². The summed E-state index contributed by atoms with van der Waals surface area (Å²) in [5.41, 5.74) is 15.2. The zero-order valence-corrected chi connectivity index (χ0v) is 42.4. The zero-order chi connectivity index (χ0) is 43.0. The molecule has 302 valence electrons. The molecule has 0 nitrogen and oxygen atoms in total. The summed E-state index contributed by atoms with van der Waals surface area (Å²) in [6.07, 6.45) is 0. The Morgan fingerprint density at radius 2 is 0.914 bits per heavy atom. The van der Waals surface area contributed by atoms with Crippen LogP contribution in [0.5, 0.6) is 0 Å². The fraction of sp³-hybridized carbons (Fsp3) is 0.333. The SMILES string of the molecule is CC(C)c1cc2c(-c3ccc(C(C)(C)C)cc3)cccc2[cH-]1.C[Si]C.Cc1cc2c(-c3ccc(C(C)(C)C)cc3)cc(-c3ccc(C(C)(C)C)cc3)cc2[cH-]1.[Cl][Zr+2][Cl]. The first-order valence-corrected chi connectivity index (χ1v) is 28.8. The van der Waals surface area contributed by atoms with Crippen LogP contribution in [0.15, 0.2) is 127 Å². The number of aryl methyl sites for hydroxylation is 1. The van der Waals surface area contributed by atoms with E-state index in [9.17, 15) is 0 Å². The number of hydrogen-bond acceptors (Lipinski definition) is 0. The minimum absolute atomic E-state index is 0.168. The topological polar surface area (TPSA) is 0 Å². The zero-order valence-electron chi connectivity index (χ0n) is 37.5. The predicted octanol–water partition coefficient (Wildman–Crippen LogP) is 17.6. The summed E-state index contributed by atoms with van der Waals surface area (Å²) < 4.78 is 0. The summed E-state index contributed by atoms with van der Waals surface area (Å²) in [5.74, 6) is 0.573. The van der Waals surface area contributed by atoms with Crippen molar-refractivity contribution in [1.82, 2.24) is 0 Å². The normalized spacial score (nSPS) is 11.6. The number of benzene rings is 5. The first-order chi connectivity index (χ1) is 27.2. The molecule has 7 rings (SSSR count). The van der Waals surface area contributed by atoms with Gasteiger partial charge < -0.3 is 0 Å². The van der Waals surface area contributed by atoms with Crippen LogP contribution >= 0.6 is 17.0 Å². The van der Waals surface area contributed by atoms with E-state index in [1.54, 1.807) is 0 Å². The van der Waals surface area contributed by atoms with E-state index in [1.807, 2.05) is 0 Å². The van der Waals surface area contributed by atoms with Crippen molar-refractivity contribution in [3.63, 3.8) is 0 Å². The van der Waals surface area contributed by atoms with E-state index in [1.165, 1.54) is 82.7 Å². The van der Waals surface area contributed by atoms with Gasteiger partial charge >= 0.3 is 37.9 Å². The second kappa shape index (κ2) is 20.5. The maximum atomic E-state index is 4.93. The second-order valence-electron chi connectivity index (χ2n) is 18.9. The summed E-state index contributed by atoms with van der Waals surface area (Å²) in [7, 11) is 11.0. The third-order valence-electron chi connectivity index (χ3n) is 10.6. The van der Waals surface area contributed by atoms with Crippen LogP contribution in [0.1, 0.15) is 110 Å². The van der Waals surface area contributed by atoms with Crippen LogP contribution in [0.4, 0.5) is 0 Å². The molecule has 0 saturated heterocycles. The second-order valence-corrected chi connectivity index (χ2v) is 23.6. The Bertz CT molecular complexity index is 2330. The van der Waals surface area contributed by atoms with E-state index in [0.717, 1.165) is 9.52 Å². The summed E-state index contributed by atoms with van der Waals surface area (Å²) in [5, 5.41) is 5.38. The summed E-state index contributed by atoms with van der Waals surface area (Å²) in [4.78, 5) is 0. The minimum atomic E-state index is -0.826. The van der Waals surface area contributed by atoms with Gasteiger partial charge in [0.1, 0.15) is 0 Å². The van der Waals surface area contributed by atoms with Crippen molar-refractivity contribution >= 4 is 48.1 Å².